The fraction of sp³-hybridized carbons (Fsp3) is 0.294. The van der Waals surface area contributed by atoms with Gasteiger partial charge in [-0.15, -0.1) is 0 Å². The van der Waals surface area contributed by atoms with Crippen LogP contribution >= 0.6 is 27.5 Å². The van der Waals surface area contributed by atoms with Gasteiger partial charge in [-0.25, -0.2) is 4.39 Å². The average molecular weight is 371 g/mol. The zero-order valence-electron chi connectivity index (χ0n) is 12.1. The van der Waals surface area contributed by atoms with Crippen LogP contribution in [0.3, 0.4) is 0 Å². The van der Waals surface area contributed by atoms with Crippen molar-refractivity contribution < 1.29 is 4.39 Å². The van der Waals surface area contributed by atoms with Crippen molar-refractivity contribution in [3.63, 3.8) is 0 Å². The van der Waals surface area contributed by atoms with Crippen LogP contribution < -0.4 is 5.32 Å². The molecular formula is C17H18BrClFN. The van der Waals surface area contributed by atoms with Crippen LogP contribution in [-0.2, 0) is 6.54 Å². The van der Waals surface area contributed by atoms with Crippen molar-refractivity contribution in [3.05, 3.63) is 56.8 Å². The summed E-state index contributed by atoms with van der Waals surface area (Å²) < 4.78 is 15.0. The van der Waals surface area contributed by atoms with E-state index in [2.05, 4.69) is 34.2 Å². The van der Waals surface area contributed by atoms with Gasteiger partial charge < -0.3 is 5.32 Å². The van der Waals surface area contributed by atoms with Crippen LogP contribution in [0.4, 0.5) is 4.39 Å². The minimum Gasteiger partial charge on any atom is -0.313 e. The predicted octanol–water partition coefficient (Wildman–Crippen LogP) is 5.72. The number of halogens is 3. The zero-order chi connectivity index (χ0) is 15.4. The van der Waals surface area contributed by atoms with E-state index >= 15 is 0 Å². The Kier molecular flexibility index (Phi) is 5.80. The Morgan fingerprint density at radius 1 is 1.19 bits per heavy atom. The van der Waals surface area contributed by atoms with Crippen molar-refractivity contribution in [1.29, 1.82) is 0 Å². The predicted molar refractivity (Wildman–Crippen MR) is 91.3 cm³/mol. The van der Waals surface area contributed by atoms with Gasteiger partial charge in [-0.3, -0.25) is 0 Å². The number of hydrogen-bond acceptors (Lipinski definition) is 1. The fourth-order valence-electron chi connectivity index (χ4n) is 2.21. The van der Waals surface area contributed by atoms with Crippen LogP contribution in [0, 0.1) is 12.7 Å². The number of rotatable bonds is 5. The molecule has 1 N–H and O–H groups in total. The summed E-state index contributed by atoms with van der Waals surface area (Å²) in [6.07, 6.45) is 1.09. The molecule has 2 aromatic rings. The summed E-state index contributed by atoms with van der Waals surface area (Å²) in [4.78, 5) is 0. The summed E-state index contributed by atoms with van der Waals surface area (Å²) in [5.74, 6) is -0.382. The van der Waals surface area contributed by atoms with Crippen LogP contribution in [0.15, 0.2) is 34.8 Å². The van der Waals surface area contributed by atoms with E-state index in [0.29, 0.717) is 10.0 Å². The van der Waals surface area contributed by atoms with Crippen LogP contribution in [0.25, 0.3) is 11.1 Å². The maximum atomic E-state index is 14.4. The molecule has 0 fully saturated rings. The summed E-state index contributed by atoms with van der Waals surface area (Å²) in [5.41, 5.74) is 3.60. The second-order valence-corrected chi connectivity index (χ2v) is 6.28. The highest BCUT2D eigenvalue weighted by molar-refractivity contribution is 9.10. The fourth-order valence-corrected chi connectivity index (χ4v) is 2.68. The van der Waals surface area contributed by atoms with Gasteiger partial charge in [0.05, 0.1) is 5.02 Å². The lowest BCUT2D eigenvalue weighted by Crippen LogP contribution is -2.13. The minimum absolute atomic E-state index is 0.126. The lowest BCUT2D eigenvalue weighted by Gasteiger charge is -2.12. The molecule has 4 heteroatoms. The summed E-state index contributed by atoms with van der Waals surface area (Å²) in [6.45, 7) is 5.87. The third-order valence-electron chi connectivity index (χ3n) is 3.38. The van der Waals surface area contributed by atoms with Gasteiger partial charge in [-0.2, -0.15) is 0 Å². The average Bonchev–Trinajstić information content (AvgIpc) is 2.47. The van der Waals surface area contributed by atoms with Crippen molar-refractivity contribution in [2.24, 2.45) is 0 Å². The van der Waals surface area contributed by atoms with Gasteiger partial charge in [-0.1, -0.05) is 36.7 Å². The Hall–Kier alpha value is -0.900. The molecule has 1 nitrogen and oxygen atoms in total. The maximum absolute atomic E-state index is 14.4. The summed E-state index contributed by atoms with van der Waals surface area (Å²) in [5, 5.41) is 3.48. The molecule has 21 heavy (non-hydrogen) atoms. The molecule has 0 heterocycles. The lowest BCUT2D eigenvalue weighted by molar-refractivity contribution is 0.630. The highest BCUT2D eigenvalue weighted by Gasteiger charge is 2.13. The van der Waals surface area contributed by atoms with E-state index in [-0.39, 0.29) is 10.8 Å². The summed E-state index contributed by atoms with van der Waals surface area (Å²) in [6, 6.07) is 9.66. The first kappa shape index (κ1) is 16.5. The molecule has 0 radical (unpaired) electrons. The van der Waals surface area contributed by atoms with Crippen molar-refractivity contribution in [1.82, 2.24) is 5.32 Å². The van der Waals surface area contributed by atoms with Gasteiger partial charge in [-0.05, 0) is 64.6 Å². The first-order chi connectivity index (χ1) is 10.0. The van der Waals surface area contributed by atoms with Gasteiger partial charge in [0, 0.05) is 16.6 Å². The molecule has 2 aromatic carbocycles. The SMILES string of the molecule is CCCNCc1ccc(C)c(-c2ccc(Br)c(Cl)c2F)c1. The van der Waals surface area contributed by atoms with E-state index in [9.17, 15) is 4.39 Å². The number of nitrogens with one attached hydrogen (secondary N) is 1. The van der Waals surface area contributed by atoms with Crippen molar-refractivity contribution in [3.8, 4) is 11.1 Å². The van der Waals surface area contributed by atoms with E-state index in [1.54, 1.807) is 12.1 Å². The molecule has 112 valence electrons. The normalized spacial score (nSPS) is 10.9. The Bertz CT molecular complexity index is 643. The first-order valence-electron chi connectivity index (χ1n) is 6.98. The van der Waals surface area contributed by atoms with Crippen LogP contribution in [-0.4, -0.2) is 6.54 Å². The number of aryl methyl sites for hydroxylation is 1. The monoisotopic (exact) mass is 369 g/mol. The molecule has 0 aromatic heterocycles. The van der Waals surface area contributed by atoms with Crippen molar-refractivity contribution in [2.75, 3.05) is 6.54 Å². The van der Waals surface area contributed by atoms with Gasteiger partial charge in [0.15, 0.2) is 5.82 Å². The maximum Gasteiger partial charge on any atom is 0.150 e. The molecule has 0 unspecified atom stereocenters. The molecule has 2 rings (SSSR count). The Morgan fingerprint density at radius 2 is 1.95 bits per heavy atom. The second kappa shape index (κ2) is 7.39. The summed E-state index contributed by atoms with van der Waals surface area (Å²) >= 11 is 9.24. The van der Waals surface area contributed by atoms with E-state index in [1.807, 2.05) is 19.1 Å². The quantitative estimate of drug-likeness (QED) is 0.524. The van der Waals surface area contributed by atoms with Crippen LogP contribution in [0.2, 0.25) is 5.02 Å². The Morgan fingerprint density at radius 3 is 2.67 bits per heavy atom. The highest BCUT2D eigenvalue weighted by Crippen LogP contribution is 2.34. The minimum atomic E-state index is -0.382. The Labute approximate surface area is 138 Å². The van der Waals surface area contributed by atoms with Crippen molar-refractivity contribution in [2.45, 2.75) is 26.8 Å². The molecule has 0 bridgehead atoms. The van der Waals surface area contributed by atoms with Gasteiger partial charge >= 0.3 is 0 Å². The number of hydrogen-bond donors (Lipinski definition) is 1. The van der Waals surface area contributed by atoms with Gasteiger partial charge in [0.1, 0.15) is 0 Å². The van der Waals surface area contributed by atoms with Crippen molar-refractivity contribution >= 4 is 27.5 Å². The van der Waals surface area contributed by atoms with Gasteiger partial charge in [0.2, 0.25) is 0 Å². The van der Waals surface area contributed by atoms with Crippen LogP contribution in [0.1, 0.15) is 24.5 Å². The zero-order valence-corrected chi connectivity index (χ0v) is 14.5. The molecule has 0 aliphatic carbocycles. The molecule has 0 saturated heterocycles. The van der Waals surface area contributed by atoms with E-state index < -0.39 is 0 Å². The van der Waals surface area contributed by atoms with E-state index in [4.69, 9.17) is 11.6 Å². The molecule has 0 aliphatic rings. The molecule has 0 aliphatic heterocycles. The highest BCUT2D eigenvalue weighted by atomic mass is 79.9. The summed E-state index contributed by atoms with van der Waals surface area (Å²) in [7, 11) is 0. The lowest BCUT2D eigenvalue weighted by atomic mass is 9.97. The first-order valence-corrected chi connectivity index (χ1v) is 8.15. The van der Waals surface area contributed by atoms with E-state index in [0.717, 1.165) is 36.2 Å². The Balaban J connectivity index is 2.39. The topological polar surface area (TPSA) is 12.0 Å². The second-order valence-electron chi connectivity index (χ2n) is 5.05. The van der Waals surface area contributed by atoms with Crippen LogP contribution in [0.5, 0.6) is 0 Å². The largest absolute Gasteiger partial charge is 0.313 e. The molecule has 0 spiro atoms. The third kappa shape index (κ3) is 3.85. The molecule has 0 saturated carbocycles. The third-order valence-corrected chi connectivity index (χ3v) is 4.64. The standard InChI is InChI=1S/C17H18BrClFN/c1-3-8-21-10-12-5-4-11(2)14(9-12)13-6-7-15(18)16(19)17(13)20/h4-7,9,21H,3,8,10H2,1-2H3. The van der Waals surface area contributed by atoms with Gasteiger partial charge in [0.25, 0.3) is 0 Å². The molecule has 0 amide bonds. The molecule has 0 atom stereocenters. The van der Waals surface area contributed by atoms with E-state index in [1.165, 1.54) is 0 Å². The number of benzene rings is 2. The smallest absolute Gasteiger partial charge is 0.150 e. The molecular weight excluding hydrogens is 353 g/mol.